The number of hydrogen-bond acceptors (Lipinski definition) is 6. The normalized spacial score (nSPS) is 37.9. The molecule has 6 heteroatoms. The molecule has 0 aromatic rings. The summed E-state index contributed by atoms with van der Waals surface area (Å²) in [5, 5.41) is 8.63. The van der Waals surface area contributed by atoms with Crippen LogP contribution in [0.25, 0.3) is 0 Å². The molecule has 4 rings (SSSR count). The van der Waals surface area contributed by atoms with Crippen molar-refractivity contribution in [1.82, 2.24) is 0 Å². The van der Waals surface area contributed by atoms with E-state index in [4.69, 9.17) is 24.1 Å². The Kier molecular flexibility index (Phi) is 8.66. The number of rotatable bonds is 12. The number of carbonyl (C=O) groups is 1. The van der Waals surface area contributed by atoms with Crippen LogP contribution in [-0.4, -0.2) is 69.8 Å². The molecule has 0 saturated heterocycles. The second-order valence-corrected chi connectivity index (χ2v) is 11.0. The van der Waals surface area contributed by atoms with E-state index in [9.17, 15) is 4.79 Å². The van der Waals surface area contributed by atoms with Crippen molar-refractivity contribution in [2.24, 2.45) is 28.6 Å². The first-order valence-electron chi connectivity index (χ1n) is 13.2. The number of ether oxygens (including phenoxy) is 4. The molecule has 3 fully saturated rings. The molecule has 6 atom stereocenters. The molecule has 0 unspecified atom stereocenters. The van der Waals surface area contributed by atoms with Gasteiger partial charge < -0.3 is 24.1 Å². The summed E-state index contributed by atoms with van der Waals surface area (Å²) in [5.41, 5.74) is 1.87. The van der Waals surface area contributed by atoms with Gasteiger partial charge in [-0.05, 0) is 68.1 Å². The summed E-state index contributed by atoms with van der Waals surface area (Å²) >= 11 is 0. The molecule has 0 amide bonds. The molecule has 0 heterocycles. The Morgan fingerprint density at radius 1 is 0.879 bits per heavy atom. The van der Waals surface area contributed by atoms with Gasteiger partial charge in [0.1, 0.15) is 5.78 Å². The van der Waals surface area contributed by atoms with E-state index in [2.05, 4.69) is 19.9 Å². The lowest BCUT2D eigenvalue weighted by Gasteiger charge is -2.57. The molecule has 33 heavy (non-hydrogen) atoms. The van der Waals surface area contributed by atoms with Crippen LogP contribution in [0.15, 0.2) is 11.6 Å². The zero-order valence-corrected chi connectivity index (χ0v) is 20.7. The molecule has 0 bridgehead atoms. The van der Waals surface area contributed by atoms with Crippen molar-refractivity contribution in [1.29, 1.82) is 0 Å². The van der Waals surface area contributed by atoms with Gasteiger partial charge in [-0.1, -0.05) is 25.5 Å². The average Bonchev–Trinajstić information content (AvgIpc) is 3.12. The van der Waals surface area contributed by atoms with E-state index in [0.717, 1.165) is 44.4 Å². The van der Waals surface area contributed by atoms with Crippen LogP contribution in [0.3, 0.4) is 0 Å². The van der Waals surface area contributed by atoms with E-state index >= 15 is 0 Å². The van der Waals surface area contributed by atoms with Gasteiger partial charge in [0.15, 0.2) is 0 Å². The number of allylic oxidation sites excluding steroid dienone is 1. The summed E-state index contributed by atoms with van der Waals surface area (Å²) in [5.74, 6) is 2.56. The third kappa shape index (κ3) is 5.40. The maximum atomic E-state index is 12.6. The Bertz CT molecular complexity index is 692. The third-order valence-electron chi connectivity index (χ3n) is 9.33. The maximum absolute atomic E-state index is 12.6. The van der Waals surface area contributed by atoms with Gasteiger partial charge in [-0.2, -0.15) is 0 Å². The Hall–Kier alpha value is -0.790. The predicted molar refractivity (Wildman–Crippen MR) is 126 cm³/mol. The standard InChI is InChI=1S/C27H44O6/c1-26-9-7-21(33-18-17-32-16-15-31-14-13-30-12-11-28)19-20(26)3-4-22-23-5-6-25(29)27(23,2)10-8-24(22)26/h3,21-24,28H,4-19H2,1-2H3/t21-,22-,23-,24-,26-,27-/m0/s1. The zero-order chi connectivity index (χ0) is 23.3. The highest BCUT2D eigenvalue weighted by atomic mass is 16.6. The lowest BCUT2D eigenvalue weighted by Crippen LogP contribution is -2.50. The quantitative estimate of drug-likeness (QED) is 0.348. The number of carbonyl (C=O) groups excluding carboxylic acids is 1. The van der Waals surface area contributed by atoms with E-state index < -0.39 is 0 Å². The van der Waals surface area contributed by atoms with Crippen molar-refractivity contribution in [3.63, 3.8) is 0 Å². The number of aliphatic hydroxyl groups excluding tert-OH is 1. The zero-order valence-electron chi connectivity index (χ0n) is 20.7. The van der Waals surface area contributed by atoms with E-state index in [1.54, 1.807) is 5.57 Å². The minimum absolute atomic E-state index is 0.0398. The minimum atomic E-state index is -0.0398. The molecule has 1 N–H and O–H groups in total. The van der Waals surface area contributed by atoms with Gasteiger partial charge in [-0.3, -0.25) is 4.79 Å². The molecule has 0 aliphatic heterocycles. The number of aliphatic hydroxyl groups is 1. The highest BCUT2D eigenvalue weighted by Crippen LogP contribution is 2.64. The van der Waals surface area contributed by atoms with E-state index in [1.165, 1.54) is 12.8 Å². The topological polar surface area (TPSA) is 74.2 Å². The Morgan fingerprint density at radius 2 is 1.52 bits per heavy atom. The third-order valence-corrected chi connectivity index (χ3v) is 9.33. The molecule has 6 nitrogen and oxygen atoms in total. The number of hydrogen-bond donors (Lipinski definition) is 1. The molecular weight excluding hydrogens is 420 g/mol. The SMILES string of the molecule is C[C@]12CC[C@H](OCCOCCOCCOCCO)CC1=CC[C@@H]1[C@@H]2CC[C@]2(C)C(=O)CC[C@@H]12. The fraction of sp³-hybridized carbons (Fsp3) is 0.889. The van der Waals surface area contributed by atoms with E-state index in [0.29, 0.717) is 75.4 Å². The summed E-state index contributed by atoms with van der Waals surface area (Å²) in [6.45, 7) is 8.52. The van der Waals surface area contributed by atoms with E-state index in [1.807, 2.05) is 0 Å². The van der Waals surface area contributed by atoms with Gasteiger partial charge in [-0.15, -0.1) is 0 Å². The van der Waals surface area contributed by atoms with Crippen LogP contribution in [0, 0.1) is 28.6 Å². The van der Waals surface area contributed by atoms with Gasteiger partial charge in [0.2, 0.25) is 0 Å². The molecule has 4 aliphatic carbocycles. The molecule has 0 aromatic carbocycles. The van der Waals surface area contributed by atoms with Crippen molar-refractivity contribution in [3.8, 4) is 0 Å². The fourth-order valence-corrected chi connectivity index (χ4v) is 7.42. The highest BCUT2D eigenvalue weighted by Gasteiger charge is 2.58. The average molecular weight is 465 g/mol. The first kappa shape index (κ1) is 25.3. The van der Waals surface area contributed by atoms with Gasteiger partial charge in [-0.25, -0.2) is 0 Å². The summed E-state index contributed by atoms with van der Waals surface area (Å²) < 4.78 is 22.4. The monoisotopic (exact) mass is 464 g/mol. The lowest BCUT2D eigenvalue weighted by molar-refractivity contribution is -0.132. The Balaban J connectivity index is 1.17. The van der Waals surface area contributed by atoms with Gasteiger partial charge >= 0.3 is 0 Å². The Labute approximate surface area is 199 Å². The first-order valence-corrected chi connectivity index (χ1v) is 13.2. The largest absolute Gasteiger partial charge is 0.394 e. The van der Waals surface area contributed by atoms with Crippen molar-refractivity contribution in [3.05, 3.63) is 11.6 Å². The molecule has 3 saturated carbocycles. The number of Topliss-reactive ketones (excluding diaryl/α,β-unsaturated/α-hetero) is 1. The smallest absolute Gasteiger partial charge is 0.139 e. The minimum Gasteiger partial charge on any atom is -0.394 e. The molecular formula is C27H44O6. The van der Waals surface area contributed by atoms with Crippen LogP contribution in [0.5, 0.6) is 0 Å². The van der Waals surface area contributed by atoms with Gasteiger partial charge in [0.05, 0.1) is 59.0 Å². The number of ketones is 1. The van der Waals surface area contributed by atoms with E-state index in [-0.39, 0.29) is 12.0 Å². The summed E-state index contributed by atoms with van der Waals surface area (Å²) in [7, 11) is 0. The van der Waals surface area contributed by atoms with Crippen LogP contribution in [0.2, 0.25) is 0 Å². The maximum Gasteiger partial charge on any atom is 0.139 e. The summed E-state index contributed by atoms with van der Waals surface area (Å²) in [6, 6.07) is 0. The molecule has 0 radical (unpaired) electrons. The second-order valence-electron chi connectivity index (χ2n) is 11.0. The molecule has 0 spiro atoms. The van der Waals surface area contributed by atoms with Crippen LogP contribution in [-0.2, 0) is 23.7 Å². The molecule has 4 aliphatic rings. The first-order chi connectivity index (χ1) is 16.0. The van der Waals surface area contributed by atoms with Crippen molar-refractivity contribution < 1.29 is 28.8 Å². The molecule has 188 valence electrons. The van der Waals surface area contributed by atoms with Crippen LogP contribution in [0.4, 0.5) is 0 Å². The second kappa shape index (κ2) is 11.3. The number of fused-ring (bicyclic) bond motifs is 5. The van der Waals surface area contributed by atoms with Gasteiger partial charge in [0, 0.05) is 11.8 Å². The summed E-state index contributed by atoms with van der Waals surface area (Å²) in [6.07, 6.45) is 11.6. The fourth-order valence-electron chi connectivity index (χ4n) is 7.42. The summed E-state index contributed by atoms with van der Waals surface area (Å²) in [4.78, 5) is 12.6. The van der Waals surface area contributed by atoms with Crippen LogP contribution in [0.1, 0.15) is 65.2 Å². The van der Waals surface area contributed by atoms with Crippen molar-refractivity contribution in [2.45, 2.75) is 71.3 Å². The van der Waals surface area contributed by atoms with Crippen LogP contribution < -0.4 is 0 Å². The highest BCUT2D eigenvalue weighted by molar-refractivity contribution is 5.87. The predicted octanol–water partition coefficient (Wildman–Crippen LogP) is 3.95. The lowest BCUT2D eigenvalue weighted by atomic mass is 9.48. The molecule has 0 aromatic heterocycles. The van der Waals surface area contributed by atoms with Crippen LogP contribution >= 0.6 is 0 Å². The van der Waals surface area contributed by atoms with Crippen molar-refractivity contribution >= 4 is 5.78 Å². The Morgan fingerprint density at radius 3 is 2.24 bits per heavy atom. The van der Waals surface area contributed by atoms with Crippen molar-refractivity contribution in [2.75, 3.05) is 52.9 Å². The van der Waals surface area contributed by atoms with Gasteiger partial charge in [0.25, 0.3) is 0 Å².